The Morgan fingerprint density at radius 1 is 1.00 bits per heavy atom. The van der Waals surface area contributed by atoms with Gasteiger partial charge in [0, 0.05) is 19.1 Å². The Bertz CT molecular complexity index is 589. The fourth-order valence-electron chi connectivity index (χ4n) is 2.57. The first-order valence-electron chi connectivity index (χ1n) is 7.14. The Labute approximate surface area is 124 Å². The largest absolute Gasteiger partial charge is 0.377 e. The standard InChI is InChI=1S/C18H20F2O/c1-4-18(21-3)14-7-5-13(6-8-14)12(2)16-10-9-15(19)11-17(16)20/h5-12,18H,4H2,1-3H3/t12-,18?/m1/s1. The molecule has 2 atom stereocenters. The van der Waals surface area contributed by atoms with Crippen LogP contribution in [0.1, 0.15) is 49.0 Å². The number of methoxy groups -OCH3 is 1. The molecule has 0 radical (unpaired) electrons. The normalized spacial score (nSPS) is 14.0. The molecule has 2 rings (SSSR count). The zero-order chi connectivity index (χ0) is 15.4. The summed E-state index contributed by atoms with van der Waals surface area (Å²) in [6.07, 6.45) is 0.981. The van der Waals surface area contributed by atoms with E-state index in [4.69, 9.17) is 4.74 Å². The van der Waals surface area contributed by atoms with Crippen molar-refractivity contribution < 1.29 is 13.5 Å². The highest BCUT2D eigenvalue weighted by molar-refractivity contribution is 5.35. The first-order chi connectivity index (χ1) is 10.1. The van der Waals surface area contributed by atoms with Gasteiger partial charge in [0.15, 0.2) is 0 Å². The summed E-state index contributed by atoms with van der Waals surface area (Å²) in [5.74, 6) is -1.18. The second kappa shape index (κ2) is 6.81. The van der Waals surface area contributed by atoms with Crippen molar-refractivity contribution in [1.29, 1.82) is 0 Å². The average Bonchev–Trinajstić information content (AvgIpc) is 2.48. The minimum absolute atomic E-state index is 0.0805. The molecule has 0 aliphatic carbocycles. The predicted molar refractivity (Wildman–Crippen MR) is 80.4 cm³/mol. The summed E-state index contributed by atoms with van der Waals surface area (Å²) in [4.78, 5) is 0. The van der Waals surface area contributed by atoms with E-state index < -0.39 is 11.6 Å². The number of rotatable bonds is 5. The number of hydrogen-bond donors (Lipinski definition) is 0. The molecule has 0 bridgehead atoms. The van der Waals surface area contributed by atoms with Gasteiger partial charge in [-0.15, -0.1) is 0 Å². The van der Waals surface area contributed by atoms with Crippen LogP contribution in [0.15, 0.2) is 42.5 Å². The fraction of sp³-hybridized carbons (Fsp3) is 0.333. The summed E-state index contributed by atoms with van der Waals surface area (Å²) in [7, 11) is 1.69. The summed E-state index contributed by atoms with van der Waals surface area (Å²) in [6.45, 7) is 3.98. The van der Waals surface area contributed by atoms with Crippen LogP contribution in [-0.2, 0) is 4.74 Å². The summed E-state index contributed by atoms with van der Waals surface area (Å²) in [5, 5.41) is 0. The summed E-state index contributed by atoms with van der Waals surface area (Å²) in [5.41, 5.74) is 2.61. The van der Waals surface area contributed by atoms with Crippen molar-refractivity contribution in [2.75, 3.05) is 7.11 Å². The van der Waals surface area contributed by atoms with Gasteiger partial charge in [0.25, 0.3) is 0 Å². The third-order valence-corrected chi connectivity index (χ3v) is 3.89. The first-order valence-corrected chi connectivity index (χ1v) is 7.14. The lowest BCUT2D eigenvalue weighted by molar-refractivity contribution is 0.100. The minimum atomic E-state index is -0.551. The molecule has 1 unspecified atom stereocenters. The highest BCUT2D eigenvalue weighted by atomic mass is 19.1. The minimum Gasteiger partial charge on any atom is -0.377 e. The van der Waals surface area contributed by atoms with Crippen LogP contribution in [0.3, 0.4) is 0 Å². The summed E-state index contributed by atoms with van der Waals surface area (Å²) in [6, 6.07) is 11.7. The highest BCUT2D eigenvalue weighted by Crippen LogP contribution is 2.28. The molecular weight excluding hydrogens is 270 g/mol. The van der Waals surface area contributed by atoms with Crippen molar-refractivity contribution in [3.05, 3.63) is 70.8 Å². The van der Waals surface area contributed by atoms with E-state index in [-0.39, 0.29) is 12.0 Å². The SMILES string of the molecule is CCC(OC)c1ccc([C@@H](C)c2ccc(F)cc2F)cc1. The second-order valence-electron chi connectivity index (χ2n) is 5.19. The maximum atomic E-state index is 13.8. The van der Waals surface area contributed by atoms with Crippen molar-refractivity contribution in [3.63, 3.8) is 0 Å². The molecule has 112 valence electrons. The lowest BCUT2D eigenvalue weighted by atomic mass is 9.91. The molecule has 0 aromatic heterocycles. The van der Waals surface area contributed by atoms with E-state index in [1.807, 2.05) is 31.2 Å². The van der Waals surface area contributed by atoms with Crippen LogP contribution in [0.25, 0.3) is 0 Å². The van der Waals surface area contributed by atoms with Gasteiger partial charge >= 0.3 is 0 Å². The van der Waals surface area contributed by atoms with E-state index in [0.29, 0.717) is 5.56 Å². The Morgan fingerprint density at radius 2 is 1.62 bits per heavy atom. The van der Waals surface area contributed by atoms with E-state index in [0.717, 1.165) is 23.6 Å². The molecule has 0 saturated carbocycles. The predicted octanol–water partition coefficient (Wildman–Crippen LogP) is 5.21. The van der Waals surface area contributed by atoms with E-state index >= 15 is 0 Å². The molecule has 2 aromatic rings. The molecule has 3 heteroatoms. The van der Waals surface area contributed by atoms with Gasteiger partial charge in [0.05, 0.1) is 6.10 Å². The molecule has 1 nitrogen and oxygen atoms in total. The number of ether oxygens (including phenoxy) is 1. The van der Waals surface area contributed by atoms with Gasteiger partial charge in [0.1, 0.15) is 11.6 Å². The van der Waals surface area contributed by atoms with E-state index in [1.54, 1.807) is 7.11 Å². The van der Waals surface area contributed by atoms with Gasteiger partial charge in [-0.25, -0.2) is 8.78 Å². The van der Waals surface area contributed by atoms with Crippen LogP contribution in [0, 0.1) is 11.6 Å². The monoisotopic (exact) mass is 290 g/mol. The molecule has 0 amide bonds. The van der Waals surface area contributed by atoms with Gasteiger partial charge in [0.2, 0.25) is 0 Å². The molecule has 0 heterocycles. The van der Waals surface area contributed by atoms with Crippen LogP contribution >= 0.6 is 0 Å². The average molecular weight is 290 g/mol. The Morgan fingerprint density at radius 3 is 2.14 bits per heavy atom. The first kappa shape index (κ1) is 15.6. The topological polar surface area (TPSA) is 9.23 Å². The molecule has 0 aliphatic rings. The van der Waals surface area contributed by atoms with E-state index in [1.165, 1.54) is 12.1 Å². The van der Waals surface area contributed by atoms with E-state index in [9.17, 15) is 8.78 Å². The van der Waals surface area contributed by atoms with Crippen molar-refractivity contribution >= 4 is 0 Å². The lowest BCUT2D eigenvalue weighted by Crippen LogP contribution is -2.02. The summed E-state index contributed by atoms with van der Waals surface area (Å²) < 4.78 is 32.2. The van der Waals surface area contributed by atoms with Gasteiger partial charge in [-0.05, 0) is 29.2 Å². The Kier molecular flexibility index (Phi) is 5.07. The molecule has 2 aromatic carbocycles. The quantitative estimate of drug-likeness (QED) is 0.734. The second-order valence-corrected chi connectivity index (χ2v) is 5.19. The van der Waals surface area contributed by atoms with Crippen LogP contribution < -0.4 is 0 Å². The van der Waals surface area contributed by atoms with Crippen molar-refractivity contribution in [2.45, 2.75) is 32.3 Å². The van der Waals surface area contributed by atoms with Crippen LogP contribution in [0.5, 0.6) is 0 Å². The van der Waals surface area contributed by atoms with Crippen LogP contribution in [-0.4, -0.2) is 7.11 Å². The fourth-order valence-corrected chi connectivity index (χ4v) is 2.57. The smallest absolute Gasteiger partial charge is 0.129 e. The van der Waals surface area contributed by atoms with Gasteiger partial charge < -0.3 is 4.74 Å². The number of benzene rings is 2. The zero-order valence-corrected chi connectivity index (χ0v) is 12.6. The molecule has 0 spiro atoms. The third kappa shape index (κ3) is 3.48. The molecule has 0 saturated heterocycles. The van der Waals surface area contributed by atoms with Crippen molar-refractivity contribution in [2.24, 2.45) is 0 Å². The highest BCUT2D eigenvalue weighted by Gasteiger charge is 2.15. The van der Waals surface area contributed by atoms with Crippen molar-refractivity contribution in [3.8, 4) is 0 Å². The molecule has 0 fully saturated rings. The molecule has 0 aliphatic heterocycles. The zero-order valence-electron chi connectivity index (χ0n) is 12.6. The maximum Gasteiger partial charge on any atom is 0.129 e. The summed E-state index contributed by atoms with van der Waals surface area (Å²) >= 11 is 0. The van der Waals surface area contributed by atoms with Crippen molar-refractivity contribution in [1.82, 2.24) is 0 Å². The van der Waals surface area contributed by atoms with Crippen LogP contribution in [0.2, 0.25) is 0 Å². The van der Waals surface area contributed by atoms with Gasteiger partial charge in [-0.1, -0.05) is 44.2 Å². The Hall–Kier alpha value is -1.74. The van der Waals surface area contributed by atoms with Crippen LogP contribution in [0.4, 0.5) is 8.78 Å². The lowest BCUT2D eigenvalue weighted by Gasteiger charge is -2.17. The number of hydrogen-bond acceptors (Lipinski definition) is 1. The Balaban J connectivity index is 2.25. The van der Waals surface area contributed by atoms with Gasteiger partial charge in [-0.2, -0.15) is 0 Å². The molecular formula is C18H20F2O. The number of halogens is 2. The third-order valence-electron chi connectivity index (χ3n) is 3.89. The maximum absolute atomic E-state index is 13.8. The van der Waals surface area contributed by atoms with Gasteiger partial charge in [-0.3, -0.25) is 0 Å². The molecule has 0 N–H and O–H groups in total. The molecule has 21 heavy (non-hydrogen) atoms. The van der Waals surface area contributed by atoms with E-state index in [2.05, 4.69) is 6.92 Å².